The molecule has 0 spiro atoms. The summed E-state index contributed by atoms with van der Waals surface area (Å²) in [6.45, 7) is 4.11. The molecule has 0 radical (unpaired) electrons. The van der Waals surface area contributed by atoms with E-state index in [1.807, 2.05) is 56.3 Å². The number of tetrazole rings is 1. The normalized spacial score (nSPS) is 10.6. The molecule has 1 aromatic heterocycles. The van der Waals surface area contributed by atoms with Gasteiger partial charge in [-0.3, -0.25) is 0 Å². The van der Waals surface area contributed by atoms with Gasteiger partial charge in [-0.2, -0.15) is 14.6 Å². The zero-order valence-electron chi connectivity index (χ0n) is 18.9. The summed E-state index contributed by atoms with van der Waals surface area (Å²) >= 11 is 0. The minimum Gasteiger partial charge on any atom is -0.496 e. The summed E-state index contributed by atoms with van der Waals surface area (Å²) in [5.74, 6) is 1.29. The van der Waals surface area contributed by atoms with Crippen LogP contribution in [0.1, 0.15) is 22.3 Å². The number of aryl methyl sites for hydroxylation is 3. The standard InChI is InChI=1S/C25H23N5O3/c1-16-13-24(17(2)12-20(16)19-9-6-5-8-18(19)14-26)33-15-21-22(10-7-11-23(21)32-4)30-25(31)29(3)27-28-30/h5-13H,15H2,1-4H3. The molecular formula is C25H23N5O3. The van der Waals surface area contributed by atoms with Crippen LogP contribution in [0.2, 0.25) is 0 Å². The van der Waals surface area contributed by atoms with Crippen LogP contribution >= 0.6 is 0 Å². The molecule has 1 heterocycles. The SMILES string of the molecule is COc1cccc(-n2nnn(C)c2=O)c1COc1cc(C)c(-c2ccccc2C#N)cc1C. The van der Waals surface area contributed by atoms with Crippen LogP contribution in [-0.2, 0) is 13.7 Å². The lowest BCUT2D eigenvalue weighted by atomic mass is 9.94. The number of hydrogen-bond donors (Lipinski definition) is 0. The van der Waals surface area contributed by atoms with Gasteiger partial charge in [0.2, 0.25) is 0 Å². The highest BCUT2D eigenvalue weighted by Gasteiger charge is 2.17. The summed E-state index contributed by atoms with van der Waals surface area (Å²) in [4.78, 5) is 12.4. The lowest BCUT2D eigenvalue weighted by Gasteiger charge is -2.17. The maximum atomic E-state index is 12.4. The summed E-state index contributed by atoms with van der Waals surface area (Å²) in [5, 5.41) is 17.2. The fourth-order valence-electron chi connectivity index (χ4n) is 3.75. The van der Waals surface area contributed by atoms with Gasteiger partial charge in [0.25, 0.3) is 0 Å². The van der Waals surface area contributed by atoms with Crippen molar-refractivity contribution >= 4 is 0 Å². The summed E-state index contributed by atoms with van der Waals surface area (Å²) in [6.07, 6.45) is 0. The third-order valence-electron chi connectivity index (χ3n) is 5.51. The number of nitriles is 1. The van der Waals surface area contributed by atoms with Gasteiger partial charge in [0.1, 0.15) is 18.1 Å². The molecule has 8 nitrogen and oxygen atoms in total. The maximum absolute atomic E-state index is 12.4. The van der Waals surface area contributed by atoms with E-state index in [4.69, 9.17) is 9.47 Å². The van der Waals surface area contributed by atoms with E-state index in [9.17, 15) is 10.1 Å². The van der Waals surface area contributed by atoms with E-state index >= 15 is 0 Å². The van der Waals surface area contributed by atoms with Crippen molar-refractivity contribution < 1.29 is 9.47 Å². The molecule has 8 heteroatoms. The highest BCUT2D eigenvalue weighted by Crippen LogP contribution is 2.33. The second-order valence-electron chi connectivity index (χ2n) is 7.63. The predicted octanol–water partition coefficient (Wildman–Crippen LogP) is 3.71. The van der Waals surface area contributed by atoms with E-state index in [0.717, 1.165) is 26.9 Å². The Morgan fingerprint density at radius 3 is 2.45 bits per heavy atom. The number of hydrogen-bond acceptors (Lipinski definition) is 6. The molecule has 4 rings (SSSR count). The van der Waals surface area contributed by atoms with Crippen LogP contribution in [0.25, 0.3) is 16.8 Å². The van der Waals surface area contributed by atoms with Crippen molar-refractivity contribution in [2.75, 3.05) is 7.11 Å². The van der Waals surface area contributed by atoms with Crippen molar-refractivity contribution in [2.45, 2.75) is 20.5 Å². The van der Waals surface area contributed by atoms with Crippen molar-refractivity contribution in [3.63, 3.8) is 0 Å². The Balaban J connectivity index is 1.70. The van der Waals surface area contributed by atoms with Crippen molar-refractivity contribution in [1.82, 2.24) is 19.8 Å². The molecule has 0 bridgehead atoms. The predicted molar refractivity (Wildman–Crippen MR) is 124 cm³/mol. The number of rotatable bonds is 6. The lowest BCUT2D eigenvalue weighted by Crippen LogP contribution is -2.23. The van der Waals surface area contributed by atoms with Gasteiger partial charge in [-0.1, -0.05) is 24.3 Å². The molecule has 0 unspecified atom stereocenters. The highest BCUT2D eigenvalue weighted by molar-refractivity contribution is 5.74. The first-order valence-corrected chi connectivity index (χ1v) is 10.3. The number of nitrogens with zero attached hydrogens (tertiary/aromatic N) is 5. The van der Waals surface area contributed by atoms with Gasteiger partial charge >= 0.3 is 5.69 Å². The maximum Gasteiger partial charge on any atom is 0.368 e. The number of benzene rings is 3. The van der Waals surface area contributed by atoms with Crippen LogP contribution in [0.3, 0.4) is 0 Å². The molecule has 0 saturated heterocycles. The summed E-state index contributed by atoms with van der Waals surface area (Å²) in [6, 6.07) is 19.2. The van der Waals surface area contributed by atoms with Crippen molar-refractivity contribution in [2.24, 2.45) is 7.05 Å². The molecule has 0 aliphatic carbocycles. The Kier molecular flexibility index (Phi) is 5.96. The fraction of sp³-hybridized carbons (Fsp3) is 0.200. The molecule has 0 aliphatic rings. The Morgan fingerprint density at radius 1 is 0.970 bits per heavy atom. The molecule has 0 aliphatic heterocycles. The van der Waals surface area contributed by atoms with E-state index in [-0.39, 0.29) is 12.3 Å². The van der Waals surface area contributed by atoms with E-state index in [0.29, 0.717) is 28.3 Å². The number of methoxy groups -OCH3 is 1. The summed E-state index contributed by atoms with van der Waals surface area (Å²) in [7, 11) is 3.11. The first-order chi connectivity index (χ1) is 15.9. The Morgan fingerprint density at radius 2 is 1.76 bits per heavy atom. The summed E-state index contributed by atoms with van der Waals surface area (Å²) in [5.41, 5.74) is 5.28. The second kappa shape index (κ2) is 9.01. The van der Waals surface area contributed by atoms with E-state index in [1.54, 1.807) is 26.3 Å². The first kappa shape index (κ1) is 21.8. The van der Waals surface area contributed by atoms with Crippen LogP contribution < -0.4 is 15.2 Å². The Labute approximate surface area is 191 Å². The van der Waals surface area contributed by atoms with Gasteiger partial charge in [0.05, 0.1) is 30.0 Å². The van der Waals surface area contributed by atoms with Gasteiger partial charge in [-0.05, 0) is 76.9 Å². The quantitative estimate of drug-likeness (QED) is 0.453. The minimum atomic E-state index is -0.364. The topological polar surface area (TPSA) is 95.0 Å². The van der Waals surface area contributed by atoms with Crippen LogP contribution in [0, 0.1) is 25.2 Å². The largest absolute Gasteiger partial charge is 0.496 e. The number of ether oxygens (including phenoxy) is 2. The first-order valence-electron chi connectivity index (χ1n) is 10.3. The molecule has 0 atom stereocenters. The lowest BCUT2D eigenvalue weighted by molar-refractivity contribution is 0.294. The molecule has 33 heavy (non-hydrogen) atoms. The van der Waals surface area contributed by atoms with E-state index < -0.39 is 0 Å². The van der Waals surface area contributed by atoms with Crippen LogP contribution in [0.4, 0.5) is 0 Å². The van der Waals surface area contributed by atoms with Crippen molar-refractivity contribution in [3.05, 3.63) is 87.3 Å². The smallest absolute Gasteiger partial charge is 0.368 e. The molecular weight excluding hydrogens is 418 g/mol. The van der Waals surface area contributed by atoms with Crippen molar-refractivity contribution in [3.8, 4) is 34.4 Å². The van der Waals surface area contributed by atoms with Crippen LogP contribution in [0.15, 0.2) is 59.4 Å². The molecule has 4 aromatic rings. The Hall–Kier alpha value is -4.38. The molecule has 0 saturated carbocycles. The van der Waals surface area contributed by atoms with Gasteiger partial charge in [-0.15, -0.1) is 0 Å². The van der Waals surface area contributed by atoms with E-state index in [1.165, 1.54) is 4.68 Å². The van der Waals surface area contributed by atoms with Gasteiger partial charge in [0, 0.05) is 7.05 Å². The zero-order chi connectivity index (χ0) is 23.5. The monoisotopic (exact) mass is 441 g/mol. The molecule has 166 valence electrons. The van der Waals surface area contributed by atoms with Crippen molar-refractivity contribution in [1.29, 1.82) is 5.26 Å². The highest BCUT2D eigenvalue weighted by atomic mass is 16.5. The summed E-state index contributed by atoms with van der Waals surface area (Å²) < 4.78 is 14.1. The molecule has 0 amide bonds. The average molecular weight is 441 g/mol. The van der Waals surface area contributed by atoms with Gasteiger partial charge < -0.3 is 9.47 Å². The van der Waals surface area contributed by atoms with E-state index in [2.05, 4.69) is 16.5 Å². The van der Waals surface area contributed by atoms with Crippen LogP contribution in [0.5, 0.6) is 11.5 Å². The fourth-order valence-corrected chi connectivity index (χ4v) is 3.75. The van der Waals surface area contributed by atoms with Gasteiger partial charge in [0.15, 0.2) is 0 Å². The third kappa shape index (κ3) is 4.08. The molecule has 3 aromatic carbocycles. The third-order valence-corrected chi connectivity index (χ3v) is 5.51. The molecule has 0 N–H and O–H groups in total. The average Bonchev–Trinajstić information content (AvgIpc) is 3.17. The molecule has 0 fully saturated rings. The van der Waals surface area contributed by atoms with Gasteiger partial charge in [-0.25, -0.2) is 4.79 Å². The zero-order valence-corrected chi connectivity index (χ0v) is 18.9. The minimum absolute atomic E-state index is 0.163. The second-order valence-corrected chi connectivity index (χ2v) is 7.63. The van der Waals surface area contributed by atoms with Crippen LogP contribution in [-0.4, -0.2) is 26.9 Å². The Bertz CT molecular complexity index is 1430. The number of aromatic nitrogens is 4.